The van der Waals surface area contributed by atoms with Crippen molar-refractivity contribution in [2.75, 3.05) is 21.3 Å². The minimum Gasteiger partial charge on any atom is -0.493 e. The van der Waals surface area contributed by atoms with Crippen LogP contribution in [0.25, 0.3) is 0 Å². The van der Waals surface area contributed by atoms with Crippen molar-refractivity contribution in [2.45, 2.75) is 32.9 Å². The summed E-state index contributed by atoms with van der Waals surface area (Å²) < 4.78 is 15.7. The molecule has 0 aliphatic heterocycles. The third kappa shape index (κ3) is 6.06. The van der Waals surface area contributed by atoms with Crippen LogP contribution in [0.3, 0.4) is 0 Å². The van der Waals surface area contributed by atoms with E-state index in [0.29, 0.717) is 23.7 Å². The number of carbonyl (C=O) groups is 2. The van der Waals surface area contributed by atoms with Crippen LogP contribution >= 0.6 is 0 Å². The van der Waals surface area contributed by atoms with Crippen molar-refractivity contribution in [3.63, 3.8) is 0 Å². The molecule has 0 aliphatic carbocycles. The largest absolute Gasteiger partial charge is 0.493 e. The second-order valence-electron chi connectivity index (χ2n) is 5.88. The fourth-order valence-corrected chi connectivity index (χ4v) is 2.32. The van der Waals surface area contributed by atoms with Gasteiger partial charge in [0.2, 0.25) is 5.75 Å². The molecule has 0 heterocycles. The summed E-state index contributed by atoms with van der Waals surface area (Å²) >= 11 is 0. The third-order valence-corrected chi connectivity index (χ3v) is 3.49. The predicted molar refractivity (Wildman–Crippen MR) is 92.3 cm³/mol. The normalized spacial score (nSPS) is 11.6. The Morgan fingerprint density at radius 2 is 1.64 bits per heavy atom. The molecule has 8 nitrogen and oxygen atoms in total. The van der Waals surface area contributed by atoms with Gasteiger partial charge >= 0.3 is 12.0 Å². The molecule has 0 spiro atoms. The number of benzene rings is 1. The van der Waals surface area contributed by atoms with Crippen molar-refractivity contribution in [3.8, 4) is 17.2 Å². The molecule has 1 aromatic rings. The Hall–Kier alpha value is -2.64. The Bertz CT molecular complexity index is 578. The lowest BCUT2D eigenvalue weighted by Gasteiger charge is -2.17. The molecule has 1 aromatic carbocycles. The number of urea groups is 1. The third-order valence-electron chi connectivity index (χ3n) is 3.49. The number of rotatable bonds is 9. The van der Waals surface area contributed by atoms with Crippen LogP contribution in [-0.2, 0) is 11.3 Å². The highest BCUT2D eigenvalue weighted by molar-refractivity contribution is 5.82. The molecule has 25 heavy (non-hydrogen) atoms. The standard InChI is InChI=1S/C17H26N2O6/c1-10(2)6-12(16(20)21)19-17(22)18-9-11-7-13(23-3)15(25-5)14(8-11)24-4/h7-8,10,12H,6,9H2,1-5H3,(H,20,21)(H2,18,19,22)/t12-/m0/s1. The molecule has 0 saturated carbocycles. The van der Waals surface area contributed by atoms with Gasteiger partial charge in [-0.3, -0.25) is 0 Å². The molecule has 0 aromatic heterocycles. The molecule has 3 N–H and O–H groups in total. The molecular formula is C17H26N2O6. The molecule has 2 amide bonds. The van der Waals surface area contributed by atoms with E-state index in [2.05, 4.69) is 10.6 Å². The summed E-state index contributed by atoms with van der Waals surface area (Å²) in [6.07, 6.45) is 0.354. The molecule has 0 radical (unpaired) electrons. The topological polar surface area (TPSA) is 106 Å². The maximum absolute atomic E-state index is 12.0. The van der Waals surface area contributed by atoms with Crippen molar-refractivity contribution in [1.82, 2.24) is 10.6 Å². The van der Waals surface area contributed by atoms with E-state index < -0.39 is 18.0 Å². The first-order valence-corrected chi connectivity index (χ1v) is 7.88. The number of hydrogen-bond acceptors (Lipinski definition) is 5. The minimum absolute atomic E-state index is 0.150. The quantitative estimate of drug-likeness (QED) is 0.626. The highest BCUT2D eigenvalue weighted by Crippen LogP contribution is 2.38. The Balaban J connectivity index is 2.76. The Morgan fingerprint density at radius 1 is 1.08 bits per heavy atom. The molecule has 0 aliphatic rings. The molecule has 0 fully saturated rings. The van der Waals surface area contributed by atoms with Crippen LogP contribution < -0.4 is 24.8 Å². The van der Waals surface area contributed by atoms with Crippen LogP contribution in [0.5, 0.6) is 17.2 Å². The van der Waals surface area contributed by atoms with Gasteiger partial charge in [-0.2, -0.15) is 0 Å². The molecular weight excluding hydrogens is 328 g/mol. The SMILES string of the molecule is COc1cc(CNC(=O)N[C@@H](CC(C)C)C(=O)O)cc(OC)c1OC. The monoisotopic (exact) mass is 354 g/mol. The van der Waals surface area contributed by atoms with Gasteiger partial charge in [-0.05, 0) is 30.0 Å². The molecule has 0 unspecified atom stereocenters. The zero-order valence-corrected chi connectivity index (χ0v) is 15.2. The van der Waals surface area contributed by atoms with E-state index in [9.17, 15) is 9.59 Å². The molecule has 1 atom stereocenters. The number of methoxy groups -OCH3 is 3. The number of carbonyl (C=O) groups excluding carboxylic acids is 1. The number of nitrogens with one attached hydrogen (secondary N) is 2. The highest BCUT2D eigenvalue weighted by Gasteiger charge is 2.21. The number of aliphatic carboxylic acids is 1. The number of ether oxygens (including phenoxy) is 3. The van der Waals surface area contributed by atoms with Gasteiger partial charge in [0.25, 0.3) is 0 Å². The van der Waals surface area contributed by atoms with Crippen LogP contribution in [0, 0.1) is 5.92 Å². The molecule has 0 saturated heterocycles. The minimum atomic E-state index is -1.06. The van der Waals surface area contributed by atoms with Crippen molar-refractivity contribution < 1.29 is 28.9 Å². The lowest BCUT2D eigenvalue weighted by Crippen LogP contribution is -2.46. The predicted octanol–water partition coefficient (Wildman–Crippen LogP) is 2.01. The van der Waals surface area contributed by atoms with E-state index in [1.165, 1.54) is 21.3 Å². The fourth-order valence-electron chi connectivity index (χ4n) is 2.32. The lowest BCUT2D eigenvalue weighted by molar-refractivity contribution is -0.139. The summed E-state index contributed by atoms with van der Waals surface area (Å²) in [7, 11) is 4.52. The highest BCUT2D eigenvalue weighted by atomic mass is 16.5. The zero-order chi connectivity index (χ0) is 19.0. The van der Waals surface area contributed by atoms with Gasteiger partial charge in [-0.25, -0.2) is 9.59 Å². The first-order valence-electron chi connectivity index (χ1n) is 7.88. The smallest absolute Gasteiger partial charge is 0.326 e. The van der Waals surface area contributed by atoms with Crippen LogP contribution in [-0.4, -0.2) is 44.5 Å². The Labute approximate surface area is 147 Å². The summed E-state index contributed by atoms with van der Waals surface area (Å²) in [6, 6.07) is 1.94. The molecule has 1 rings (SSSR count). The second kappa shape index (κ2) is 9.61. The second-order valence-corrected chi connectivity index (χ2v) is 5.88. The van der Waals surface area contributed by atoms with Crippen molar-refractivity contribution in [3.05, 3.63) is 17.7 Å². The molecule has 0 bridgehead atoms. The summed E-state index contributed by atoms with van der Waals surface area (Å²) in [4.78, 5) is 23.2. The van der Waals surface area contributed by atoms with E-state index in [4.69, 9.17) is 19.3 Å². The summed E-state index contributed by atoms with van der Waals surface area (Å²) in [5.41, 5.74) is 0.723. The van der Waals surface area contributed by atoms with Crippen LogP contribution in [0.2, 0.25) is 0 Å². The summed E-state index contributed by atoms with van der Waals surface area (Å²) in [5, 5.41) is 14.3. The number of hydrogen-bond donors (Lipinski definition) is 3. The maximum Gasteiger partial charge on any atom is 0.326 e. The average Bonchev–Trinajstić information content (AvgIpc) is 2.57. The first kappa shape index (κ1) is 20.4. The number of carboxylic acid groups (broad SMARTS) is 1. The number of amides is 2. The molecule has 8 heteroatoms. The fraction of sp³-hybridized carbons (Fsp3) is 0.529. The Morgan fingerprint density at radius 3 is 2.04 bits per heavy atom. The van der Waals surface area contributed by atoms with Gasteiger partial charge in [0.1, 0.15) is 6.04 Å². The van der Waals surface area contributed by atoms with Crippen LogP contribution in [0.4, 0.5) is 4.79 Å². The van der Waals surface area contributed by atoms with E-state index in [-0.39, 0.29) is 12.5 Å². The maximum atomic E-state index is 12.0. The van der Waals surface area contributed by atoms with Gasteiger partial charge in [-0.15, -0.1) is 0 Å². The van der Waals surface area contributed by atoms with Crippen molar-refractivity contribution >= 4 is 12.0 Å². The first-order chi connectivity index (χ1) is 11.8. The number of carboxylic acids is 1. The van der Waals surface area contributed by atoms with Gasteiger partial charge in [0.15, 0.2) is 11.5 Å². The van der Waals surface area contributed by atoms with Gasteiger partial charge in [0.05, 0.1) is 21.3 Å². The van der Waals surface area contributed by atoms with Crippen molar-refractivity contribution in [1.29, 1.82) is 0 Å². The summed E-state index contributed by atoms with van der Waals surface area (Å²) in [6.45, 7) is 3.97. The van der Waals surface area contributed by atoms with Gasteiger partial charge < -0.3 is 30.0 Å². The Kier molecular flexibility index (Phi) is 7.84. The zero-order valence-electron chi connectivity index (χ0n) is 15.2. The van der Waals surface area contributed by atoms with Gasteiger partial charge in [-0.1, -0.05) is 13.8 Å². The van der Waals surface area contributed by atoms with E-state index >= 15 is 0 Å². The van der Waals surface area contributed by atoms with Crippen LogP contribution in [0.15, 0.2) is 12.1 Å². The van der Waals surface area contributed by atoms with E-state index in [1.54, 1.807) is 12.1 Å². The average molecular weight is 354 g/mol. The lowest BCUT2D eigenvalue weighted by atomic mass is 10.0. The van der Waals surface area contributed by atoms with Crippen LogP contribution in [0.1, 0.15) is 25.8 Å². The molecule has 140 valence electrons. The van der Waals surface area contributed by atoms with Gasteiger partial charge in [0, 0.05) is 6.54 Å². The van der Waals surface area contributed by atoms with Crippen molar-refractivity contribution in [2.24, 2.45) is 5.92 Å². The summed E-state index contributed by atoms with van der Waals surface area (Å²) in [5.74, 6) is 0.499. The van der Waals surface area contributed by atoms with E-state index in [1.807, 2.05) is 13.8 Å². The van der Waals surface area contributed by atoms with E-state index in [0.717, 1.165) is 5.56 Å².